The van der Waals surface area contributed by atoms with Crippen molar-refractivity contribution >= 4 is 11.8 Å². The van der Waals surface area contributed by atoms with Crippen molar-refractivity contribution in [1.29, 1.82) is 0 Å². The molecule has 0 saturated heterocycles. The van der Waals surface area contributed by atoms with Gasteiger partial charge in [0.05, 0.1) is 5.69 Å². The molecule has 5 heteroatoms. The molecule has 0 aliphatic carbocycles. The Morgan fingerprint density at radius 3 is 2.67 bits per heavy atom. The predicted octanol–water partition coefficient (Wildman–Crippen LogP) is 3.60. The molecular formula is C13H15FN2OS. The van der Waals surface area contributed by atoms with Crippen LogP contribution in [0.1, 0.15) is 29.8 Å². The van der Waals surface area contributed by atoms with Crippen LogP contribution in [0.5, 0.6) is 0 Å². The average Bonchev–Trinajstić information content (AvgIpc) is 2.68. The molecule has 0 spiro atoms. The normalized spacial score (nSPS) is 12.7. The summed E-state index contributed by atoms with van der Waals surface area (Å²) in [4.78, 5) is 5.10. The highest BCUT2D eigenvalue weighted by atomic mass is 32.2. The fourth-order valence-corrected chi connectivity index (χ4v) is 2.66. The van der Waals surface area contributed by atoms with E-state index < -0.39 is 0 Å². The number of hydrogen-bond donors (Lipinski definition) is 1. The number of aryl methyl sites for hydroxylation is 2. The van der Waals surface area contributed by atoms with E-state index in [1.807, 2.05) is 13.8 Å². The number of benzene rings is 1. The molecule has 0 saturated carbocycles. The monoisotopic (exact) mass is 266 g/mol. The first-order valence-corrected chi connectivity index (χ1v) is 6.44. The zero-order chi connectivity index (χ0) is 13.3. The lowest BCUT2D eigenvalue weighted by Gasteiger charge is -2.12. The first-order valence-electron chi connectivity index (χ1n) is 5.63. The van der Waals surface area contributed by atoms with Crippen molar-refractivity contribution in [1.82, 2.24) is 4.98 Å². The van der Waals surface area contributed by atoms with Gasteiger partial charge in [-0.3, -0.25) is 0 Å². The first-order chi connectivity index (χ1) is 8.47. The van der Waals surface area contributed by atoms with Crippen LogP contribution >= 0.6 is 11.8 Å². The van der Waals surface area contributed by atoms with Gasteiger partial charge in [-0.25, -0.2) is 9.37 Å². The summed E-state index contributed by atoms with van der Waals surface area (Å²) in [5.41, 5.74) is 8.03. The molecule has 96 valence electrons. The Morgan fingerprint density at radius 1 is 1.39 bits per heavy atom. The number of aromatic nitrogens is 1. The summed E-state index contributed by atoms with van der Waals surface area (Å²) in [6.45, 7) is 5.41. The summed E-state index contributed by atoms with van der Waals surface area (Å²) in [5.74, 6) is -0.241. The molecule has 2 aromatic rings. The number of nitrogens with zero attached hydrogens (tertiary/aromatic N) is 1. The Kier molecular flexibility index (Phi) is 3.73. The van der Waals surface area contributed by atoms with Gasteiger partial charge in [-0.15, -0.1) is 0 Å². The van der Waals surface area contributed by atoms with Gasteiger partial charge in [-0.2, -0.15) is 0 Å². The Morgan fingerprint density at radius 2 is 2.11 bits per heavy atom. The van der Waals surface area contributed by atoms with Crippen LogP contribution in [0.4, 0.5) is 4.39 Å². The van der Waals surface area contributed by atoms with Gasteiger partial charge in [-0.05, 0) is 55.8 Å². The van der Waals surface area contributed by atoms with E-state index in [0.29, 0.717) is 10.8 Å². The number of oxazole rings is 1. The highest BCUT2D eigenvalue weighted by Crippen LogP contribution is 2.33. The van der Waals surface area contributed by atoms with Crippen LogP contribution in [-0.2, 0) is 0 Å². The van der Waals surface area contributed by atoms with Gasteiger partial charge in [0.25, 0.3) is 5.22 Å². The SMILES string of the molecule is Cc1coc(Sc2cc(C)c(F)cc2[C@@H](C)N)n1. The van der Waals surface area contributed by atoms with E-state index in [1.165, 1.54) is 17.8 Å². The topological polar surface area (TPSA) is 52.0 Å². The van der Waals surface area contributed by atoms with Gasteiger partial charge < -0.3 is 10.2 Å². The minimum Gasteiger partial charge on any atom is -0.439 e. The van der Waals surface area contributed by atoms with Crippen LogP contribution in [0, 0.1) is 19.7 Å². The van der Waals surface area contributed by atoms with Crippen molar-refractivity contribution in [3.63, 3.8) is 0 Å². The Labute approximate surface area is 110 Å². The maximum absolute atomic E-state index is 13.6. The van der Waals surface area contributed by atoms with Crippen LogP contribution in [0.3, 0.4) is 0 Å². The zero-order valence-electron chi connectivity index (χ0n) is 10.5. The molecule has 0 radical (unpaired) electrons. The molecule has 2 N–H and O–H groups in total. The third kappa shape index (κ3) is 2.73. The summed E-state index contributed by atoms with van der Waals surface area (Å²) in [7, 11) is 0. The molecular weight excluding hydrogens is 251 g/mol. The second kappa shape index (κ2) is 5.12. The van der Waals surface area contributed by atoms with E-state index >= 15 is 0 Å². The van der Waals surface area contributed by atoms with Crippen LogP contribution < -0.4 is 5.73 Å². The molecule has 2 rings (SSSR count). The molecule has 0 aliphatic heterocycles. The molecule has 3 nitrogen and oxygen atoms in total. The molecule has 0 amide bonds. The number of hydrogen-bond acceptors (Lipinski definition) is 4. The van der Waals surface area contributed by atoms with E-state index in [1.54, 1.807) is 19.3 Å². The van der Waals surface area contributed by atoms with E-state index in [-0.39, 0.29) is 11.9 Å². The standard InChI is InChI=1S/C13H15FN2OS/c1-7-4-12(10(9(3)15)5-11(7)14)18-13-16-8(2)6-17-13/h4-6,9H,15H2,1-3H3/t9-/m1/s1. The van der Waals surface area contributed by atoms with E-state index in [2.05, 4.69) is 4.98 Å². The first kappa shape index (κ1) is 13.1. The van der Waals surface area contributed by atoms with E-state index in [9.17, 15) is 4.39 Å². The van der Waals surface area contributed by atoms with Crippen molar-refractivity contribution in [2.24, 2.45) is 5.73 Å². The van der Waals surface area contributed by atoms with Crippen molar-refractivity contribution in [2.75, 3.05) is 0 Å². The molecule has 0 aliphatic rings. The molecule has 18 heavy (non-hydrogen) atoms. The summed E-state index contributed by atoms with van der Waals surface area (Å²) in [6.07, 6.45) is 1.59. The van der Waals surface area contributed by atoms with Gasteiger partial charge in [0.1, 0.15) is 12.1 Å². The number of nitrogens with two attached hydrogens (primary N) is 1. The quantitative estimate of drug-likeness (QED) is 0.922. The van der Waals surface area contributed by atoms with Gasteiger partial charge >= 0.3 is 0 Å². The molecule has 1 aromatic heterocycles. The van der Waals surface area contributed by atoms with Crippen LogP contribution in [-0.4, -0.2) is 4.98 Å². The largest absolute Gasteiger partial charge is 0.439 e. The van der Waals surface area contributed by atoms with Crippen molar-refractivity contribution in [3.8, 4) is 0 Å². The Bertz CT molecular complexity index is 566. The molecule has 1 heterocycles. The summed E-state index contributed by atoms with van der Waals surface area (Å²) in [5, 5.41) is 0.542. The van der Waals surface area contributed by atoms with Crippen molar-refractivity contribution in [3.05, 3.63) is 41.0 Å². The van der Waals surface area contributed by atoms with Gasteiger partial charge in [0, 0.05) is 10.9 Å². The highest BCUT2D eigenvalue weighted by Gasteiger charge is 2.14. The smallest absolute Gasteiger partial charge is 0.260 e. The lowest BCUT2D eigenvalue weighted by molar-refractivity contribution is 0.454. The number of halogens is 1. The summed E-state index contributed by atoms with van der Waals surface area (Å²) >= 11 is 1.36. The Hall–Kier alpha value is -1.33. The maximum Gasteiger partial charge on any atom is 0.260 e. The highest BCUT2D eigenvalue weighted by molar-refractivity contribution is 7.99. The summed E-state index contributed by atoms with van der Waals surface area (Å²) in [6, 6.07) is 3.02. The van der Waals surface area contributed by atoms with E-state index in [0.717, 1.165) is 16.2 Å². The zero-order valence-corrected chi connectivity index (χ0v) is 11.3. The minimum atomic E-state index is -0.241. The molecule has 1 atom stereocenters. The lowest BCUT2D eigenvalue weighted by atomic mass is 10.1. The van der Waals surface area contributed by atoms with Crippen molar-refractivity contribution < 1.29 is 8.81 Å². The number of rotatable bonds is 3. The molecule has 0 unspecified atom stereocenters. The van der Waals surface area contributed by atoms with Crippen LogP contribution in [0.2, 0.25) is 0 Å². The van der Waals surface area contributed by atoms with Gasteiger partial charge in [0.2, 0.25) is 0 Å². The van der Waals surface area contributed by atoms with Crippen LogP contribution in [0.25, 0.3) is 0 Å². The third-order valence-electron chi connectivity index (χ3n) is 2.58. The van der Waals surface area contributed by atoms with Crippen molar-refractivity contribution in [2.45, 2.75) is 36.9 Å². The third-order valence-corrected chi connectivity index (χ3v) is 3.51. The van der Waals surface area contributed by atoms with Gasteiger partial charge in [0.15, 0.2) is 0 Å². The fourth-order valence-electron chi connectivity index (χ4n) is 1.59. The lowest BCUT2D eigenvalue weighted by Crippen LogP contribution is -2.07. The van der Waals surface area contributed by atoms with Gasteiger partial charge in [-0.1, -0.05) is 0 Å². The average molecular weight is 266 g/mol. The van der Waals surface area contributed by atoms with Crippen LogP contribution in [0.15, 0.2) is 32.9 Å². The predicted molar refractivity (Wildman–Crippen MR) is 69.1 cm³/mol. The molecule has 0 fully saturated rings. The minimum absolute atomic E-state index is 0.237. The second-order valence-electron chi connectivity index (χ2n) is 4.28. The molecule has 0 bridgehead atoms. The maximum atomic E-state index is 13.6. The fraction of sp³-hybridized carbons (Fsp3) is 0.308. The molecule has 1 aromatic carbocycles. The van der Waals surface area contributed by atoms with E-state index in [4.69, 9.17) is 10.2 Å². The second-order valence-corrected chi connectivity index (χ2v) is 5.28. The Balaban J connectivity index is 2.39. The summed E-state index contributed by atoms with van der Waals surface area (Å²) < 4.78 is 18.8.